The molecule has 0 heterocycles. The number of hydrogen-bond donors (Lipinski definition) is 0. The van der Waals surface area contributed by atoms with Crippen LogP contribution in [0, 0.1) is 29.1 Å². The van der Waals surface area contributed by atoms with Gasteiger partial charge in [0.2, 0.25) is 0 Å². The molecular weight excluding hydrogens is 427 g/mol. The summed E-state index contributed by atoms with van der Waals surface area (Å²) in [5.74, 6) is 1.08. The van der Waals surface area contributed by atoms with Crippen molar-refractivity contribution < 1.29 is 35.8 Å². The van der Waals surface area contributed by atoms with Crippen molar-refractivity contribution in [3.8, 4) is 0 Å². The average Bonchev–Trinajstić information content (AvgIpc) is 3.14. The molecule has 188 valence electrons. The van der Waals surface area contributed by atoms with Crippen molar-refractivity contribution in [3.63, 3.8) is 0 Å². The fourth-order valence-corrected chi connectivity index (χ4v) is 7.39. The van der Waals surface area contributed by atoms with Gasteiger partial charge < -0.3 is 9.47 Å². The molecule has 2 saturated carbocycles. The van der Waals surface area contributed by atoms with Gasteiger partial charge in [-0.1, -0.05) is 45.8 Å². The highest BCUT2D eigenvalue weighted by Crippen LogP contribution is 2.61. The Morgan fingerprint density at radius 3 is 2.50 bits per heavy atom. The molecule has 7 heteroatoms. The zero-order chi connectivity index (χ0) is 29.0. The first kappa shape index (κ1) is 20.0. The molecule has 0 aromatic carbocycles. The second-order valence-electron chi connectivity index (χ2n) is 9.52. The van der Waals surface area contributed by atoms with E-state index in [1.165, 1.54) is 19.6 Å². The van der Waals surface area contributed by atoms with E-state index in [0.29, 0.717) is 11.8 Å². The molecular formula is C25H47O6P. The molecule has 2 fully saturated rings. The molecule has 0 aromatic heterocycles. The topological polar surface area (TPSA) is 63.2 Å². The molecule has 2 aliphatic rings. The van der Waals surface area contributed by atoms with Gasteiger partial charge in [0, 0.05) is 15.3 Å². The Labute approximate surface area is 204 Å². The first-order valence-electron chi connectivity index (χ1n) is 14.9. The fraction of sp³-hybridized carbons (Fsp3) is 0.920. The Bertz CT molecular complexity index is 810. The SMILES string of the molecule is [2H]C([2H])([2H])C(/C=C/[C@H](OP(=O)(OCC)OCC)[C@@H](C)[C@H]1CC[C@H]2[C@@H](C)CCC[C@]12C)(OCOC)C([2H])([2H])[2H]. The maximum absolute atomic E-state index is 13.5. The van der Waals surface area contributed by atoms with Crippen molar-refractivity contribution in [2.75, 3.05) is 27.1 Å². The molecule has 32 heavy (non-hydrogen) atoms. The molecule has 0 amide bonds. The van der Waals surface area contributed by atoms with Crippen molar-refractivity contribution >= 4 is 7.82 Å². The zero-order valence-electron chi connectivity index (χ0n) is 26.6. The number of methoxy groups -OCH3 is 1. The van der Waals surface area contributed by atoms with Crippen LogP contribution in [0.15, 0.2) is 12.2 Å². The summed E-state index contributed by atoms with van der Waals surface area (Å²) < 4.78 is 89.0. The normalized spacial score (nSPS) is 34.6. The third-order valence-corrected chi connectivity index (χ3v) is 9.10. The van der Waals surface area contributed by atoms with Crippen molar-refractivity contribution in [3.05, 3.63) is 12.2 Å². The van der Waals surface area contributed by atoms with Crippen LogP contribution in [-0.2, 0) is 27.6 Å². The Hall–Kier alpha value is -0.230. The summed E-state index contributed by atoms with van der Waals surface area (Å²) in [6.45, 7) is 3.42. The van der Waals surface area contributed by atoms with E-state index in [0.717, 1.165) is 31.8 Å². The third kappa shape index (κ3) is 6.90. The summed E-state index contributed by atoms with van der Waals surface area (Å²) in [6, 6.07) is 0. The second-order valence-corrected chi connectivity index (χ2v) is 11.1. The van der Waals surface area contributed by atoms with Crippen LogP contribution in [0.1, 0.15) is 88.7 Å². The molecule has 0 aromatic rings. The van der Waals surface area contributed by atoms with E-state index < -0.39 is 40.0 Å². The van der Waals surface area contributed by atoms with Crippen molar-refractivity contribution in [1.29, 1.82) is 0 Å². The minimum absolute atomic E-state index is 0.0332. The second kappa shape index (κ2) is 12.0. The predicted octanol–water partition coefficient (Wildman–Crippen LogP) is 7.00. The van der Waals surface area contributed by atoms with E-state index in [1.54, 1.807) is 13.8 Å². The van der Waals surface area contributed by atoms with E-state index >= 15 is 0 Å². The highest BCUT2D eigenvalue weighted by Gasteiger charge is 2.53. The van der Waals surface area contributed by atoms with Gasteiger partial charge in [-0.15, -0.1) is 0 Å². The largest absolute Gasteiger partial charge is 0.475 e. The van der Waals surface area contributed by atoms with E-state index in [-0.39, 0.29) is 30.5 Å². The average molecular weight is 481 g/mol. The van der Waals surface area contributed by atoms with Gasteiger partial charge in [0.25, 0.3) is 0 Å². The van der Waals surface area contributed by atoms with Crippen LogP contribution in [0.4, 0.5) is 0 Å². The van der Waals surface area contributed by atoms with Crippen LogP contribution in [0.5, 0.6) is 0 Å². The fourth-order valence-electron chi connectivity index (χ4n) is 6.00. The third-order valence-electron chi connectivity index (χ3n) is 7.45. The first-order valence-corrected chi connectivity index (χ1v) is 13.4. The highest BCUT2D eigenvalue weighted by molar-refractivity contribution is 7.48. The number of rotatable bonds is 13. The van der Waals surface area contributed by atoms with E-state index in [2.05, 4.69) is 13.8 Å². The lowest BCUT2D eigenvalue weighted by Crippen LogP contribution is -2.41. The zero-order valence-corrected chi connectivity index (χ0v) is 21.5. The number of fused-ring (bicyclic) bond motifs is 1. The Balaban J connectivity index is 2.58. The lowest BCUT2D eigenvalue weighted by atomic mass is 9.59. The van der Waals surface area contributed by atoms with Gasteiger partial charge in [-0.2, -0.15) is 0 Å². The molecule has 0 aliphatic heterocycles. The molecule has 0 radical (unpaired) electrons. The molecule has 0 saturated heterocycles. The molecule has 0 unspecified atom stereocenters. The van der Waals surface area contributed by atoms with Crippen LogP contribution in [0.2, 0.25) is 0 Å². The number of phosphoric acid groups is 1. The van der Waals surface area contributed by atoms with Gasteiger partial charge in [-0.05, 0) is 75.9 Å². The number of ether oxygens (including phenoxy) is 2. The van der Waals surface area contributed by atoms with Crippen LogP contribution < -0.4 is 0 Å². The lowest BCUT2D eigenvalue weighted by molar-refractivity contribution is -0.0924. The standard InChI is InChI=1S/C25H47O6P/c1-9-29-32(26,30-10-2)31-23(15-17-24(5,6)28-18-27-8)20(4)22-14-13-21-19(3)12-11-16-25(21,22)7/h15,17,19-23H,9-14,16,18H2,1-8H3/b17-15+/t19-,20-,21-,22+,23-,25-/m0/s1/i5D3,6D3. The molecule has 0 bridgehead atoms. The van der Waals surface area contributed by atoms with E-state index in [4.69, 9.17) is 31.3 Å². The molecule has 6 nitrogen and oxygen atoms in total. The van der Waals surface area contributed by atoms with Crippen LogP contribution >= 0.6 is 7.82 Å². The van der Waals surface area contributed by atoms with Crippen molar-refractivity contribution in [2.24, 2.45) is 29.1 Å². The Morgan fingerprint density at radius 1 is 1.22 bits per heavy atom. The minimum Gasteiger partial charge on any atom is -0.359 e. The van der Waals surface area contributed by atoms with Gasteiger partial charge in [-0.3, -0.25) is 13.6 Å². The molecule has 0 spiro atoms. The summed E-state index contributed by atoms with van der Waals surface area (Å²) in [5, 5.41) is 0. The number of hydrogen-bond acceptors (Lipinski definition) is 6. The molecule has 2 aliphatic carbocycles. The van der Waals surface area contributed by atoms with Crippen LogP contribution in [0.25, 0.3) is 0 Å². The maximum atomic E-state index is 13.5. The molecule has 6 atom stereocenters. The Morgan fingerprint density at radius 2 is 1.91 bits per heavy atom. The van der Waals surface area contributed by atoms with Crippen LogP contribution in [-0.4, -0.2) is 38.8 Å². The molecule has 2 rings (SSSR count). The summed E-state index contributed by atoms with van der Waals surface area (Å²) in [5.41, 5.74) is -2.63. The molecule has 0 N–H and O–H groups in total. The monoisotopic (exact) mass is 480 g/mol. The summed E-state index contributed by atoms with van der Waals surface area (Å²) in [7, 11) is -2.74. The maximum Gasteiger partial charge on any atom is 0.475 e. The first-order chi connectivity index (χ1) is 17.5. The Kier molecular flexibility index (Phi) is 7.47. The van der Waals surface area contributed by atoms with E-state index in [9.17, 15) is 4.57 Å². The quantitative estimate of drug-likeness (QED) is 0.161. The predicted molar refractivity (Wildman–Crippen MR) is 128 cm³/mol. The van der Waals surface area contributed by atoms with Gasteiger partial charge in [-0.25, -0.2) is 4.57 Å². The summed E-state index contributed by atoms with van der Waals surface area (Å²) >= 11 is 0. The van der Waals surface area contributed by atoms with Gasteiger partial charge in [0.05, 0.1) is 24.9 Å². The van der Waals surface area contributed by atoms with Crippen molar-refractivity contribution in [1.82, 2.24) is 0 Å². The minimum atomic E-state index is -4.02. The van der Waals surface area contributed by atoms with Gasteiger partial charge in [0.1, 0.15) is 6.79 Å². The van der Waals surface area contributed by atoms with Crippen LogP contribution in [0.3, 0.4) is 0 Å². The van der Waals surface area contributed by atoms with Gasteiger partial charge >= 0.3 is 7.82 Å². The smallest absolute Gasteiger partial charge is 0.359 e. The van der Waals surface area contributed by atoms with E-state index in [1.807, 2.05) is 6.92 Å². The summed E-state index contributed by atoms with van der Waals surface area (Å²) in [4.78, 5) is 0. The highest BCUT2D eigenvalue weighted by atomic mass is 31.2. The van der Waals surface area contributed by atoms with Gasteiger partial charge in [0.15, 0.2) is 0 Å². The summed E-state index contributed by atoms with van der Waals surface area (Å²) in [6.07, 6.45) is 6.84. The number of phosphoric ester groups is 1. The van der Waals surface area contributed by atoms with Crippen molar-refractivity contribution in [2.45, 2.75) is 92.1 Å². The lowest BCUT2D eigenvalue weighted by Gasteiger charge is -2.47.